The summed E-state index contributed by atoms with van der Waals surface area (Å²) in [6.07, 6.45) is 8.36. The van der Waals surface area contributed by atoms with E-state index >= 15 is 0 Å². The molecule has 2 N–H and O–H groups in total. The highest BCUT2D eigenvalue weighted by Gasteiger charge is 2.20. The van der Waals surface area contributed by atoms with E-state index in [-0.39, 0.29) is 0 Å². The van der Waals surface area contributed by atoms with E-state index in [1.54, 1.807) is 12.1 Å². The molecule has 134 valence electrons. The number of hydrogen-bond donors (Lipinski definition) is 2. The van der Waals surface area contributed by atoms with Gasteiger partial charge in [0.1, 0.15) is 5.75 Å². The Morgan fingerprint density at radius 3 is 2.44 bits per heavy atom. The van der Waals surface area contributed by atoms with E-state index in [1.807, 2.05) is 24.5 Å². The fraction of sp³-hybridized carbons (Fsp3) is 0.476. The number of phenols is 1. The van der Waals surface area contributed by atoms with E-state index in [1.165, 1.54) is 24.0 Å². The standard InChI is InChI=1S/C21H29N3O/c1-17(2-3-18-4-6-21(25)7-5-18)23-20-10-14-24(15-11-20)16-19-8-12-22-13-9-19/h4-9,12-13,17,20,23,25H,2-3,10-11,14-16H2,1H3. The highest BCUT2D eigenvalue weighted by molar-refractivity contribution is 5.25. The average molecular weight is 339 g/mol. The molecule has 4 nitrogen and oxygen atoms in total. The SMILES string of the molecule is CC(CCc1ccc(O)cc1)NC1CCN(Cc2ccncc2)CC1. The minimum absolute atomic E-state index is 0.341. The summed E-state index contributed by atoms with van der Waals surface area (Å²) >= 11 is 0. The molecule has 2 heterocycles. The molecule has 4 heteroatoms. The maximum absolute atomic E-state index is 9.35. The molecule has 1 aliphatic heterocycles. The van der Waals surface area contributed by atoms with E-state index in [9.17, 15) is 5.11 Å². The Morgan fingerprint density at radius 1 is 1.08 bits per heavy atom. The van der Waals surface area contributed by atoms with Gasteiger partial charge in [-0.15, -0.1) is 0 Å². The summed E-state index contributed by atoms with van der Waals surface area (Å²) in [5.74, 6) is 0.341. The van der Waals surface area contributed by atoms with Crippen molar-refractivity contribution in [1.29, 1.82) is 0 Å². The van der Waals surface area contributed by atoms with Crippen molar-refractivity contribution >= 4 is 0 Å². The number of phenolic OH excluding ortho intramolecular Hbond substituents is 1. The number of pyridine rings is 1. The molecule has 0 saturated carbocycles. The molecule has 0 bridgehead atoms. The molecule has 2 aromatic rings. The smallest absolute Gasteiger partial charge is 0.115 e. The average Bonchev–Trinajstić information content (AvgIpc) is 2.64. The lowest BCUT2D eigenvalue weighted by atomic mass is 10.0. The van der Waals surface area contributed by atoms with Crippen molar-refractivity contribution in [3.63, 3.8) is 0 Å². The zero-order valence-corrected chi connectivity index (χ0v) is 15.1. The van der Waals surface area contributed by atoms with E-state index in [0.29, 0.717) is 17.8 Å². The first kappa shape index (κ1) is 17.9. The van der Waals surface area contributed by atoms with Crippen LogP contribution in [0.3, 0.4) is 0 Å². The number of nitrogens with one attached hydrogen (secondary N) is 1. The maximum Gasteiger partial charge on any atom is 0.115 e. The first-order valence-corrected chi connectivity index (χ1v) is 9.34. The number of aryl methyl sites for hydroxylation is 1. The highest BCUT2D eigenvalue weighted by atomic mass is 16.3. The second kappa shape index (κ2) is 8.97. The lowest BCUT2D eigenvalue weighted by Crippen LogP contribution is -2.45. The Kier molecular flexibility index (Phi) is 6.42. The van der Waals surface area contributed by atoms with Crippen LogP contribution in [-0.2, 0) is 13.0 Å². The van der Waals surface area contributed by atoms with Crippen molar-refractivity contribution < 1.29 is 5.11 Å². The number of aromatic nitrogens is 1. The van der Waals surface area contributed by atoms with E-state index in [2.05, 4.69) is 34.3 Å². The molecular formula is C21H29N3O. The summed E-state index contributed by atoms with van der Waals surface area (Å²) < 4.78 is 0. The molecule has 25 heavy (non-hydrogen) atoms. The number of nitrogens with zero attached hydrogens (tertiary/aromatic N) is 2. The van der Waals surface area contributed by atoms with Crippen LogP contribution in [0.15, 0.2) is 48.8 Å². The quantitative estimate of drug-likeness (QED) is 0.812. The van der Waals surface area contributed by atoms with Gasteiger partial charge in [-0.3, -0.25) is 9.88 Å². The van der Waals surface area contributed by atoms with E-state index in [0.717, 1.165) is 32.5 Å². The van der Waals surface area contributed by atoms with E-state index in [4.69, 9.17) is 0 Å². The molecule has 0 aliphatic carbocycles. The Labute approximate surface area is 150 Å². The summed E-state index contributed by atoms with van der Waals surface area (Å²) in [5.41, 5.74) is 2.64. The summed E-state index contributed by atoms with van der Waals surface area (Å²) in [6.45, 7) is 5.63. The van der Waals surface area contributed by atoms with Crippen molar-refractivity contribution in [2.24, 2.45) is 0 Å². The van der Waals surface area contributed by atoms with Crippen molar-refractivity contribution in [3.8, 4) is 5.75 Å². The third-order valence-electron chi connectivity index (χ3n) is 5.07. The number of rotatable bonds is 7. The molecular weight excluding hydrogens is 310 g/mol. The summed E-state index contributed by atoms with van der Waals surface area (Å²) in [4.78, 5) is 6.62. The van der Waals surface area contributed by atoms with Gasteiger partial charge < -0.3 is 10.4 Å². The number of benzene rings is 1. The van der Waals surface area contributed by atoms with Crippen molar-refractivity contribution in [2.45, 2.75) is 51.2 Å². The Morgan fingerprint density at radius 2 is 1.76 bits per heavy atom. The van der Waals surface area contributed by atoms with Crippen molar-refractivity contribution in [1.82, 2.24) is 15.2 Å². The Hall–Kier alpha value is -1.91. The molecule has 1 unspecified atom stereocenters. The van der Waals surface area contributed by atoms with Gasteiger partial charge in [0.25, 0.3) is 0 Å². The Bertz CT molecular complexity index is 621. The third-order valence-corrected chi connectivity index (χ3v) is 5.07. The summed E-state index contributed by atoms with van der Waals surface area (Å²) in [5, 5.41) is 13.1. The lowest BCUT2D eigenvalue weighted by Gasteiger charge is -2.34. The number of piperidine rings is 1. The summed E-state index contributed by atoms with van der Waals surface area (Å²) in [7, 11) is 0. The number of aromatic hydroxyl groups is 1. The largest absolute Gasteiger partial charge is 0.508 e. The molecule has 1 fully saturated rings. The molecule has 0 spiro atoms. The molecule has 1 aliphatic rings. The van der Waals surface area contributed by atoms with Crippen LogP contribution in [0.25, 0.3) is 0 Å². The van der Waals surface area contributed by atoms with Gasteiger partial charge >= 0.3 is 0 Å². The highest BCUT2D eigenvalue weighted by Crippen LogP contribution is 2.16. The predicted molar refractivity (Wildman–Crippen MR) is 102 cm³/mol. The van der Waals surface area contributed by atoms with Crippen LogP contribution in [0, 0.1) is 0 Å². The molecule has 3 rings (SSSR count). The van der Waals surface area contributed by atoms with Gasteiger partial charge in [-0.2, -0.15) is 0 Å². The first-order chi connectivity index (χ1) is 12.2. The lowest BCUT2D eigenvalue weighted by molar-refractivity contribution is 0.184. The molecule has 1 aromatic carbocycles. The van der Waals surface area contributed by atoms with Crippen LogP contribution < -0.4 is 5.32 Å². The summed E-state index contributed by atoms with van der Waals surface area (Å²) in [6, 6.07) is 12.9. The third kappa shape index (κ3) is 5.83. The van der Waals surface area contributed by atoms with Gasteiger partial charge in [-0.05, 0) is 81.1 Å². The van der Waals surface area contributed by atoms with Gasteiger partial charge in [0.05, 0.1) is 0 Å². The Balaban J connectivity index is 1.36. The van der Waals surface area contributed by atoms with Gasteiger partial charge in [0, 0.05) is 31.0 Å². The van der Waals surface area contributed by atoms with Gasteiger partial charge in [0.2, 0.25) is 0 Å². The molecule has 1 atom stereocenters. The maximum atomic E-state index is 9.35. The second-order valence-electron chi connectivity index (χ2n) is 7.18. The molecule has 0 amide bonds. The molecule has 0 radical (unpaired) electrons. The topological polar surface area (TPSA) is 48.4 Å². The molecule has 1 saturated heterocycles. The minimum Gasteiger partial charge on any atom is -0.508 e. The monoisotopic (exact) mass is 339 g/mol. The van der Waals surface area contributed by atoms with Gasteiger partial charge in [-0.1, -0.05) is 12.1 Å². The van der Waals surface area contributed by atoms with Crippen LogP contribution in [-0.4, -0.2) is 40.2 Å². The zero-order valence-electron chi connectivity index (χ0n) is 15.1. The minimum atomic E-state index is 0.341. The van der Waals surface area contributed by atoms with Crippen molar-refractivity contribution in [2.75, 3.05) is 13.1 Å². The van der Waals surface area contributed by atoms with Crippen LogP contribution in [0.5, 0.6) is 5.75 Å². The predicted octanol–water partition coefficient (Wildman–Crippen LogP) is 3.36. The van der Waals surface area contributed by atoms with Crippen LogP contribution in [0.2, 0.25) is 0 Å². The molecule has 1 aromatic heterocycles. The van der Waals surface area contributed by atoms with Crippen LogP contribution in [0.4, 0.5) is 0 Å². The van der Waals surface area contributed by atoms with Crippen LogP contribution >= 0.6 is 0 Å². The second-order valence-corrected chi connectivity index (χ2v) is 7.18. The number of hydrogen-bond acceptors (Lipinski definition) is 4. The fourth-order valence-electron chi connectivity index (χ4n) is 3.54. The van der Waals surface area contributed by atoms with E-state index < -0.39 is 0 Å². The first-order valence-electron chi connectivity index (χ1n) is 9.34. The number of likely N-dealkylation sites (tertiary alicyclic amines) is 1. The van der Waals surface area contributed by atoms with Crippen molar-refractivity contribution in [3.05, 3.63) is 59.9 Å². The fourth-order valence-corrected chi connectivity index (χ4v) is 3.54. The van der Waals surface area contributed by atoms with Crippen LogP contribution in [0.1, 0.15) is 37.3 Å². The van der Waals surface area contributed by atoms with Gasteiger partial charge in [0.15, 0.2) is 0 Å². The zero-order chi connectivity index (χ0) is 17.5. The van der Waals surface area contributed by atoms with Gasteiger partial charge in [-0.25, -0.2) is 0 Å². The normalized spacial score (nSPS) is 17.5.